The van der Waals surface area contributed by atoms with E-state index >= 15 is 0 Å². The molecule has 0 aliphatic heterocycles. The fourth-order valence-electron chi connectivity index (χ4n) is 8.06. The monoisotopic (exact) mass is 617 g/mol. The average Bonchev–Trinajstić information content (AvgIpc) is 3.77. The van der Waals surface area contributed by atoms with Crippen molar-refractivity contribution in [1.29, 1.82) is 0 Å². The summed E-state index contributed by atoms with van der Waals surface area (Å²) in [4.78, 5) is 2.43. The molecule has 0 amide bonds. The zero-order valence-electron chi connectivity index (χ0n) is 26.7. The average molecular weight is 618 g/mol. The van der Waals surface area contributed by atoms with Crippen LogP contribution in [0, 0.1) is 0 Å². The lowest BCUT2D eigenvalue weighted by atomic mass is 9.81. The van der Waals surface area contributed by atoms with Gasteiger partial charge in [0.15, 0.2) is 0 Å². The summed E-state index contributed by atoms with van der Waals surface area (Å²) in [5, 5.41) is 4.50. The number of hydrogen-bond acceptors (Lipinski definition) is 3. The van der Waals surface area contributed by atoms with Gasteiger partial charge in [0.25, 0.3) is 0 Å². The largest absolute Gasteiger partial charge is 0.456 e. The summed E-state index contributed by atoms with van der Waals surface area (Å²) in [7, 11) is 0. The number of nitrogens with zero attached hydrogens (tertiary/aromatic N) is 1. The fraction of sp³-hybridized carbons (Fsp3) is 0.0667. The van der Waals surface area contributed by atoms with Crippen molar-refractivity contribution in [3.63, 3.8) is 0 Å². The van der Waals surface area contributed by atoms with E-state index in [1.807, 2.05) is 18.2 Å². The summed E-state index contributed by atoms with van der Waals surface area (Å²) in [6, 6.07) is 54.0. The zero-order chi connectivity index (χ0) is 32.0. The van der Waals surface area contributed by atoms with Gasteiger partial charge in [-0.25, -0.2) is 0 Å². The lowest BCUT2D eigenvalue weighted by Crippen LogP contribution is -2.20. The Labute approximate surface area is 278 Å². The van der Waals surface area contributed by atoms with Gasteiger partial charge in [-0.15, -0.1) is 0 Å². The molecule has 2 aromatic heterocycles. The van der Waals surface area contributed by atoms with Crippen molar-refractivity contribution in [2.24, 2.45) is 0 Å². The number of hydrogen-bond donors (Lipinski definition) is 0. The first-order valence-electron chi connectivity index (χ1n) is 16.5. The first-order chi connectivity index (χ1) is 23.6. The third-order valence-corrected chi connectivity index (χ3v) is 10.3. The number of furan rings is 2. The molecule has 7 aromatic carbocycles. The van der Waals surface area contributed by atoms with Crippen molar-refractivity contribution in [3.8, 4) is 22.3 Å². The van der Waals surface area contributed by atoms with Crippen LogP contribution in [-0.4, -0.2) is 0 Å². The third kappa shape index (κ3) is 3.82. The maximum atomic E-state index is 6.40. The smallest absolute Gasteiger partial charge is 0.137 e. The lowest BCUT2D eigenvalue weighted by Gasteiger charge is -2.32. The Kier molecular flexibility index (Phi) is 5.63. The third-order valence-electron chi connectivity index (χ3n) is 10.3. The molecule has 2 heterocycles. The van der Waals surface area contributed by atoms with Crippen molar-refractivity contribution < 1.29 is 8.83 Å². The minimum atomic E-state index is -0.185. The van der Waals surface area contributed by atoms with Crippen LogP contribution in [0.3, 0.4) is 0 Å². The minimum Gasteiger partial charge on any atom is -0.456 e. The van der Waals surface area contributed by atoms with Crippen molar-refractivity contribution in [2.45, 2.75) is 19.3 Å². The summed E-state index contributed by atoms with van der Waals surface area (Å²) >= 11 is 0. The van der Waals surface area contributed by atoms with Crippen LogP contribution >= 0.6 is 0 Å². The van der Waals surface area contributed by atoms with Gasteiger partial charge in [-0.1, -0.05) is 111 Å². The highest BCUT2D eigenvalue weighted by atomic mass is 16.3. The number of fused-ring (bicyclic) bond motifs is 9. The van der Waals surface area contributed by atoms with E-state index in [-0.39, 0.29) is 5.41 Å². The van der Waals surface area contributed by atoms with Crippen LogP contribution < -0.4 is 4.90 Å². The molecule has 48 heavy (non-hydrogen) atoms. The van der Waals surface area contributed by atoms with E-state index in [9.17, 15) is 0 Å². The van der Waals surface area contributed by atoms with Crippen molar-refractivity contribution in [1.82, 2.24) is 0 Å². The van der Waals surface area contributed by atoms with Gasteiger partial charge in [-0.05, 0) is 88.0 Å². The van der Waals surface area contributed by atoms with E-state index in [4.69, 9.17) is 8.83 Å². The number of para-hydroxylation sites is 2. The molecular weight excluding hydrogens is 587 g/mol. The zero-order valence-corrected chi connectivity index (χ0v) is 26.7. The van der Waals surface area contributed by atoms with Crippen molar-refractivity contribution >= 4 is 60.9 Å². The molecule has 0 spiro atoms. The van der Waals surface area contributed by atoms with Crippen LogP contribution in [0.2, 0.25) is 0 Å². The molecule has 228 valence electrons. The summed E-state index contributed by atoms with van der Waals surface area (Å²) < 4.78 is 12.6. The van der Waals surface area contributed by atoms with Gasteiger partial charge in [-0.2, -0.15) is 0 Å². The van der Waals surface area contributed by atoms with Gasteiger partial charge < -0.3 is 13.7 Å². The molecule has 0 unspecified atom stereocenters. The second kappa shape index (κ2) is 9.97. The number of benzene rings is 7. The topological polar surface area (TPSA) is 29.5 Å². The summed E-state index contributed by atoms with van der Waals surface area (Å²) in [6.07, 6.45) is 0. The van der Waals surface area contributed by atoms with Gasteiger partial charge in [0.05, 0.1) is 16.8 Å². The molecule has 3 heteroatoms. The molecule has 1 aliphatic rings. The van der Waals surface area contributed by atoms with E-state index < -0.39 is 0 Å². The molecule has 9 aromatic rings. The standard InChI is InChI=1S/C45H31NO2/c1-45(2)36-15-6-3-11-31(36)34-14-9-17-38(44(34)45)46(37-16-10-20-41-43(37)35-13-5-8-19-40(35)47-41)30-24-21-28(22-25-30)29-23-26-33-32-12-4-7-18-39(32)48-42(33)27-29/h3-27H,1-2H3. The second-order valence-corrected chi connectivity index (χ2v) is 13.3. The minimum absolute atomic E-state index is 0.185. The van der Waals surface area contributed by atoms with Crippen LogP contribution in [0.25, 0.3) is 66.1 Å². The molecule has 0 saturated carbocycles. The number of anilines is 3. The maximum Gasteiger partial charge on any atom is 0.137 e. The molecule has 0 N–H and O–H groups in total. The molecule has 3 nitrogen and oxygen atoms in total. The van der Waals surface area contributed by atoms with E-state index in [0.29, 0.717) is 0 Å². The summed E-state index contributed by atoms with van der Waals surface area (Å²) in [5.74, 6) is 0. The summed E-state index contributed by atoms with van der Waals surface area (Å²) in [6.45, 7) is 4.70. The molecule has 0 radical (unpaired) electrons. The molecule has 0 fully saturated rings. The number of rotatable bonds is 4. The second-order valence-electron chi connectivity index (χ2n) is 13.3. The van der Waals surface area contributed by atoms with Gasteiger partial charge >= 0.3 is 0 Å². The molecular formula is C45H31NO2. The van der Waals surface area contributed by atoms with Crippen molar-refractivity contribution in [3.05, 3.63) is 163 Å². The van der Waals surface area contributed by atoms with E-state index in [0.717, 1.165) is 66.4 Å². The highest BCUT2D eigenvalue weighted by molar-refractivity contribution is 6.14. The van der Waals surface area contributed by atoms with Gasteiger partial charge in [0.1, 0.15) is 22.3 Å². The van der Waals surface area contributed by atoms with Crippen molar-refractivity contribution in [2.75, 3.05) is 4.90 Å². The summed E-state index contributed by atoms with van der Waals surface area (Å²) in [5.41, 5.74) is 14.3. The van der Waals surface area contributed by atoms with Crippen LogP contribution in [0.5, 0.6) is 0 Å². The fourth-order valence-corrected chi connectivity index (χ4v) is 8.06. The Hall–Kier alpha value is -6.06. The van der Waals surface area contributed by atoms with Gasteiger partial charge in [0.2, 0.25) is 0 Å². The SMILES string of the molecule is CC1(C)c2ccccc2-c2cccc(N(c3ccc(-c4ccc5c(c4)oc4ccccc45)cc3)c3cccc4oc5ccccc5c34)c21. The van der Waals surface area contributed by atoms with Crippen LogP contribution in [0.1, 0.15) is 25.0 Å². The predicted molar refractivity (Wildman–Crippen MR) is 199 cm³/mol. The highest BCUT2D eigenvalue weighted by Crippen LogP contribution is 2.55. The Balaban J connectivity index is 1.18. The quantitative estimate of drug-likeness (QED) is 0.197. The molecule has 0 atom stereocenters. The van der Waals surface area contributed by atoms with Gasteiger partial charge in [-0.3, -0.25) is 0 Å². The molecule has 10 rings (SSSR count). The van der Waals surface area contributed by atoms with E-state index in [1.165, 1.54) is 27.9 Å². The molecule has 0 bridgehead atoms. The maximum absolute atomic E-state index is 6.40. The van der Waals surface area contributed by atoms with Crippen LogP contribution in [0.4, 0.5) is 17.1 Å². The Morgan fingerprint density at radius 1 is 0.458 bits per heavy atom. The Bertz CT molecular complexity index is 2710. The van der Waals surface area contributed by atoms with E-state index in [2.05, 4.69) is 152 Å². The van der Waals surface area contributed by atoms with Gasteiger partial charge in [0, 0.05) is 27.3 Å². The normalized spacial score (nSPS) is 13.4. The lowest BCUT2D eigenvalue weighted by molar-refractivity contribution is 0.661. The first kappa shape index (κ1) is 27.1. The highest BCUT2D eigenvalue weighted by Gasteiger charge is 2.39. The Morgan fingerprint density at radius 2 is 1.06 bits per heavy atom. The van der Waals surface area contributed by atoms with Crippen LogP contribution in [-0.2, 0) is 5.41 Å². The first-order valence-corrected chi connectivity index (χ1v) is 16.5. The molecule has 1 aliphatic carbocycles. The van der Waals surface area contributed by atoms with Crippen LogP contribution in [0.15, 0.2) is 160 Å². The Morgan fingerprint density at radius 3 is 1.92 bits per heavy atom. The molecule has 0 saturated heterocycles. The van der Waals surface area contributed by atoms with E-state index in [1.54, 1.807) is 0 Å². The predicted octanol–water partition coefficient (Wildman–Crippen LogP) is 12.9.